The Labute approximate surface area is 111 Å². The van der Waals surface area contributed by atoms with Gasteiger partial charge < -0.3 is 15.3 Å². The summed E-state index contributed by atoms with van der Waals surface area (Å²) >= 11 is 0. The number of likely N-dealkylation sites (tertiary alicyclic amines) is 1. The molecular formula is C14H15N3O2. The molecule has 0 unspecified atom stereocenters. The van der Waals surface area contributed by atoms with Crippen molar-refractivity contribution in [2.24, 2.45) is 0 Å². The molecular weight excluding hydrogens is 242 g/mol. The van der Waals surface area contributed by atoms with E-state index in [9.17, 15) is 4.79 Å². The van der Waals surface area contributed by atoms with E-state index in [0.717, 1.165) is 25.9 Å². The number of hydrogen-bond donors (Lipinski definition) is 2. The molecule has 5 nitrogen and oxygen atoms in total. The van der Waals surface area contributed by atoms with Crippen molar-refractivity contribution >= 4 is 11.6 Å². The zero-order chi connectivity index (χ0) is 13.7. The molecule has 19 heavy (non-hydrogen) atoms. The minimum atomic E-state index is -0.430. The minimum Gasteiger partial charge on any atom is -0.508 e. The second-order valence-electron chi connectivity index (χ2n) is 4.40. The van der Waals surface area contributed by atoms with Crippen molar-refractivity contribution in [2.75, 3.05) is 18.4 Å². The van der Waals surface area contributed by atoms with Gasteiger partial charge in [-0.3, -0.25) is 4.79 Å². The number of hydrogen-bond acceptors (Lipinski definition) is 4. The highest BCUT2D eigenvalue weighted by molar-refractivity contribution is 6.06. The predicted octanol–water partition coefficient (Wildman–Crippen LogP) is 1.83. The quantitative estimate of drug-likeness (QED) is 0.492. The van der Waals surface area contributed by atoms with Crippen LogP contribution in [0.25, 0.3) is 0 Å². The molecule has 0 atom stereocenters. The lowest BCUT2D eigenvalue weighted by atomic mass is 10.2. The minimum absolute atomic E-state index is 0.0926. The molecule has 1 aromatic rings. The fraction of sp³-hybridized carbons (Fsp3) is 0.286. The van der Waals surface area contributed by atoms with Crippen molar-refractivity contribution in [2.45, 2.75) is 12.8 Å². The van der Waals surface area contributed by atoms with Crippen molar-refractivity contribution in [3.63, 3.8) is 0 Å². The molecule has 0 saturated carbocycles. The maximum absolute atomic E-state index is 11.9. The Morgan fingerprint density at radius 3 is 2.53 bits per heavy atom. The summed E-state index contributed by atoms with van der Waals surface area (Å²) < 4.78 is 0. The number of aromatic hydroxyl groups is 1. The van der Waals surface area contributed by atoms with Gasteiger partial charge in [-0.25, -0.2) is 0 Å². The van der Waals surface area contributed by atoms with Crippen molar-refractivity contribution in [3.8, 4) is 11.8 Å². The Morgan fingerprint density at radius 2 is 1.95 bits per heavy atom. The first-order chi connectivity index (χ1) is 9.19. The van der Waals surface area contributed by atoms with Crippen molar-refractivity contribution in [3.05, 3.63) is 36.0 Å². The van der Waals surface area contributed by atoms with Crippen LogP contribution in [0, 0.1) is 11.3 Å². The number of nitriles is 1. The molecule has 2 N–H and O–H groups in total. The van der Waals surface area contributed by atoms with E-state index in [2.05, 4.69) is 5.32 Å². The largest absolute Gasteiger partial charge is 0.508 e. The third-order valence-electron chi connectivity index (χ3n) is 2.94. The first kappa shape index (κ1) is 13.0. The summed E-state index contributed by atoms with van der Waals surface area (Å²) in [7, 11) is 0. The average molecular weight is 257 g/mol. The fourth-order valence-electron chi connectivity index (χ4n) is 1.93. The van der Waals surface area contributed by atoms with Crippen LogP contribution in [0.15, 0.2) is 36.0 Å². The number of nitrogens with zero attached hydrogens (tertiary/aromatic N) is 2. The smallest absolute Gasteiger partial charge is 0.267 e. The number of amides is 1. The van der Waals surface area contributed by atoms with Crippen LogP contribution in [0.3, 0.4) is 0 Å². The normalized spacial score (nSPS) is 15.1. The van der Waals surface area contributed by atoms with E-state index in [4.69, 9.17) is 10.4 Å². The summed E-state index contributed by atoms with van der Waals surface area (Å²) in [5.41, 5.74) is 0.639. The molecule has 5 heteroatoms. The molecule has 1 aromatic carbocycles. The van der Waals surface area contributed by atoms with Gasteiger partial charge in [0.05, 0.1) is 0 Å². The first-order valence-electron chi connectivity index (χ1n) is 6.15. The Bertz CT molecular complexity index is 523. The number of rotatable bonds is 3. The summed E-state index contributed by atoms with van der Waals surface area (Å²) in [6.45, 7) is 1.77. The van der Waals surface area contributed by atoms with Crippen molar-refractivity contribution < 1.29 is 9.90 Å². The van der Waals surface area contributed by atoms with Gasteiger partial charge >= 0.3 is 0 Å². The molecule has 1 aliphatic heterocycles. The van der Waals surface area contributed by atoms with Gasteiger partial charge in [0.1, 0.15) is 17.4 Å². The molecule has 0 spiro atoms. The number of carbonyl (C=O) groups excluding carboxylic acids is 1. The van der Waals surface area contributed by atoms with E-state index in [-0.39, 0.29) is 11.3 Å². The number of benzene rings is 1. The second kappa shape index (κ2) is 5.91. The van der Waals surface area contributed by atoms with E-state index in [0.29, 0.717) is 5.69 Å². The van der Waals surface area contributed by atoms with Crippen LogP contribution in [0.2, 0.25) is 0 Å². The lowest BCUT2D eigenvalue weighted by molar-refractivity contribution is -0.112. The van der Waals surface area contributed by atoms with Crippen LogP contribution in [0.1, 0.15) is 12.8 Å². The standard InChI is InChI=1S/C14H15N3O2/c15-9-11(10-17-7-1-2-8-17)14(19)16-12-3-5-13(18)6-4-12/h3-6,10,18H,1-2,7-8H2,(H,16,19)/b11-10-. The molecule has 0 aliphatic carbocycles. The Hall–Kier alpha value is -2.48. The number of anilines is 1. The average Bonchev–Trinajstić information content (AvgIpc) is 2.91. The van der Waals surface area contributed by atoms with Gasteiger partial charge in [-0.05, 0) is 37.1 Å². The summed E-state index contributed by atoms with van der Waals surface area (Å²) in [4.78, 5) is 13.9. The second-order valence-corrected chi connectivity index (χ2v) is 4.40. The molecule has 1 aliphatic rings. The van der Waals surface area contributed by atoms with Crippen molar-refractivity contribution in [1.29, 1.82) is 5.26 Å². The highest BCUT2D eigenvalue weighted by Crippen LogP contribution is 2.15. The molecule has 0 radical (unpaired) electrons. The third kappa shape index (κ3) is 3.49. The van der Waals surface area contributed by atoms with Crippen molar-refractivity contribution in [1.82, 2.24) is 4.90 Å². The molecule has 98 valence electrons. The highest BCUT2D eigenvalue weighted by atomic mass is 16.3. The Balaban J connectivity index is 2.04. The van der Waals surface area contributed by atoms with Gasteiger partial charge in [-0.15, -0.1) is 0 Å². The first-order valence-corrected chi connectivity index (χ1v) is 6.15. The number of carbonyl (C=O) groups is 1. The molecule has 0 aromatic heterocycles. The molecule has 1 amide bonds. The maximum atomic E-state index is 11.9. The van der Waals surface area contributed by atoms with Crippen LogP contribution in [-0.2, 0) is 4.79 Å². The Kier molecular flexibility index (Phi) is 4.04. The van der Waals surface area contributed by atoms with Crippen LogP contribution < -0.4 is 5.32 Å². The van der Waals surface area contributed by atoms with E-state index < -0.39 is 5.91 Å². The van der Waals surface area contributed by atoms with Gasteiger partial charge in [0.15, 0.2) is 0 Å². The SMILES string of the molecule is N#C/C(=C/N1CCCC1)C(=O)Nc1ccc(O)cc1. The van der Waals surface area contributed by atoms with Gasteiger partial charge in [-0.1, -0.05) is 0 Å². The maximum Gasteiger partial charge on any atom is 0.267 e. The molecule has 1 heterocycles. The molecule has 2 rings (SSSR count). The van der Waals surface area contributed by atoms with Gasteiger partial charge in [0, 0.05) is 25.0 Å². The van der Waals surface area contributed by atoms with Crippen LogP contribution >= 0.6 is 0 Å². The topological polar surface area (TPSA) is 76.4 Å². The lowest BCUT2D eigenvalue weighted by Gasteiger charge is -2.12. The molecule has 1 saturated heterocycles. The lowest BCUT2D eigenvalue weighted by Crippen LogP contribution is -2.18. The summed E-state index contributed by atoms with van der Waals surface area (Å²) in [6, 6.07) is 8.04. The van der Waals surface area contributed by atoms with E-state index in [1.165, 1.54) is 12.1 Å². The van der Waals surface area contributed by atoms with Gasteiger partial charge in [0.2, 0.25) is 0 Å². The van der Waals surface area contributed by atoms with Crippen LogP contribution in [0.4, 0.5) is 5.69 Å². The number of phenols is 1. The number of nitrogens with one attached hydrogen (secondary N) is 1. The zero-order valence-corrected chi connectivity index (χ0v) is 10.5. The van der Waals surface area contributed by atoms with E-state index in [1.807, 2.05) is 11.0 Å². The molecule has 0 bridgehead atoms. The van der Waals surface area contributed by atoms with E-state index in [1.54, 1.807) is 18.3 Å². The highest BCUT2D eigenvalue weighted by Gasteiger charge is 2.14. The summed E-state index contributed by atoms with van der Waals surface area (Å²) in [6.07, 6.45) is 3.80. The predicted molar refractivity (Wildman–Crippen MR) is 71.2 cm³/mol. The summed E-state index contributed by atoms with van der Waals surface area (Å²) in [5, 5.41) is 20.8. The fourth-order valence-corrected chi connectivity index (χ4v) is 1.93. The third-order valence-corrected chi connectivity index (χ3v) is 2.94. The van der Waals surface area contributed by atoms with Crippen LogP contribution in [0.5, 0.6) is 5.75 Å². The zero-order valence-electron chi connectivity index (χ0n) is 10.5. The monoisotopic (exact) mass is 257 g/mol. The van der Waals surface area contributed by atoms with Gasteiger partial charge in [-0.2, -0.15) is 5.26 Å². The summed E-state index contributed by atoms with van der Waals surface area (Å²) in [5.74, 6) is -0.300. The molecule has 1 fully saturated rings. The van der Waals surface area contributed by atoms with E-state index >= 15 is 0 Å². The Morgan fingerprint density at radius 1 is 1.32 bits per heavy atom. The van der Waals surface area contributed by atoms with Crippen LogP contribution in [-0.4, -0.2) is 29.0 Å². The van der Waals surface area contributed by atoms with Gasteiger partial charge in [0.25, 0.3) is 5.91 Å². The number of phenolic OH excluding ortho intramolecular Hbond substituents is 1.